The van der Waals surface area contributed by atoms with Gasteiger partial charge in [-0.2, -0.15) is 0 Å². The van der Waals surface area contributed by atoms with Crippen LogP contribution < -0.4 is 0 Å². The number of ether oxygens (including phenoxy) is 3. The Hall–Kier alpha value is -0.750. The van der Waals surface area contributed by atoms with Gasteiger partial charge in [0.1, 0.15) is 24.7 Å². The molecule has 0 aliphatic carbocycles. The molecule has 0 spiro atoms. The maximum atomic E-state index is 11.5. The minimum absolute atomic E-state index is 0.0964. The summed E-state index contributed by atoms with van der Waals surface area (Å²) >= 11 is 0. The summed E-state index contributed by atoms with van der Waals surface area (Å²) in [7, 11) is 0.0964. The Kier molecular flexibility index (Phi) is 7.12. The van der Waals surface area contributed by atoms with E-state index in [1.54, 1.807) is 13.8 Å². The van der Waals surface area contributed by atoms with Crippen LogP contribution in [-0.2, 0) is 34.7 Å². The van der Waals surface area contributed by atoms with Crippen molar-refractivity contribution in [3.05, 3.63) is 0 Å². The van der Waals surface area contributed by atoms with Crippen LogP contribution in [0.25, 0.3) is 0 Å². The van der Waals surface area contributed by atoms with Crippen LogP contribution >= 0.6 is 0 Å². The maximum absolute atomic E-state index is 11.5. The molecule has 0 amide bonds. The van der Waals surface area contributed by atoms with Crippen molar-refractivity contribution in [3.63, 3.8) is 0 Å². The van der Waals surface area contributed by atoms with Gasteiger partial charge in [0.05, 0.1) is 19.1 Å². The van der Waals surface area contributed by atoms with Crippen LogP contribution in [0.3, 0.4) is 0 Å². The fourth-order valence-corrected chi connectivity index (χ4v) is 2.99. The van der Waals surface area contributed by atoms with Crippen molar-refractivity contribution in [2.24, 2.45) is 5.92 Å². The lowest BCUT2D eigenvalue weighted by Gasteiger charge is -2.13. The molecule has 1 fully saturated rings. The maximum Gasteiger partial charge on any atom is 0.356 e. The lowest BCUT2D eigenvalue weighted by Crippen LogP contribution is -2.32. The first-order valence-corrected chi connectivity index (χ1v) is 7.87. The highest BCUT2D eigenvalue weighted by Crippen LogP contribution is 2.04. The second-order valence-electron chi connectivity index (χ2n) is 4.32. The van der Waals surface area contributed by atoms with Crippen LogP contribution in [-0.4, -0.2) is 55.6 Å². The molecule has 0 aromatic carbocycles. The van der Waals surface area contributed by atoms with Crippen molar-refractivity contribution >= 4 is 22.8 Å². The Morgan fingerprint density at radius 2 is 1.78 bits per heavy atom. The van der Waals surface area contributed by atoms with Crippen LogP contribution in [0.15, 0.2) is 0 Å². The van der Waals surface area contributed by atoms with E-state index in [9.17, 15) is 9.59 Å². The van der Waals surface area contributed by atoms with E-state index < -0.39 is 0 Å². The lowest BCUT2D eigenvalue weighted by atomic mass is 10.2. The third-order valence-corrected chi connectivity index (χ3v) is 4.55. The molecule has 1 aliphatic heterocycles. The Balaban J connectivity index is 2.04. The molecular weight excluding hydrogens is 256 g/mol. The van der Waals surface area contributed by atoms with Gasteiger partial charge < -0.3 is 14.2 Å². The highest BCUT2D eigenvalue weighted by molar-refractivity contribution is 7.97. The molecule has 0 aromatic rings. The molecule has 0 saturated carbocycles. The fourth-order valence-electron chi connectivity index (χ4n) is 1.37. The second-order valence-corrected chi connectivity index (χ2v) is 6.65. The van der Waals surface area contributed by atoms with E-state index in [4.69, 9.17) is 14.2 Å². The molecule has 104 valence electrons. The van der Waals surface area contributed by atoms with Crippen LogP contribution in [0.2, 0.25) is 0 Å². The topological polar surface area (TPSA) is 61.8 Å². The predicted octanol–water partition coefficient (Wildman–Crippen LogP) is 0.377. The molecule has 18 heavy (non-hydrogen) atoms. The molecule has 0 atom stereocenters. The fraction of sp³-hybridized carbons (Fsp3) is 0.833. The van der Waals surface area contributed by atoms with E-state index in [1.807, 2.05) is 0 Å². The van der Waals surface area contributed by atoms with Gasteiger partial charge in [-0.15, -0.1) is 0 Å². The summed E-state index contributed by atoms with van der Waals surface area (Å²) in [6.45, 7) is 5.29. The normalized spacial score (nSPS) is 16.6. The first-order valence-electron chi connectivity index (χ1n) is 6.13. The van der Waals surface area contributed by atoms with Crippen molar-refractivity contribution in [2.75, 3.05) is 43.7 Å². The molecule has 0 bridgehead atoms. The molecule has 1 saturated heterocycles. The number of carbonyl (C=O) groups is 2. The standard InChI is InChI=1S/C12H21O5S/c1-10(2)12(14)17-4-3-16-11(13)9-18-7-5-15-6-8-18/h10H,3-9H2,1-2H3/q+1. The summed E-state index contributed by atoms with van der Waals surface area (Å²) in [5, 5.41) is 0. The number of carbonyl (C=O) groups excluding carboxylic acids is 2. The molecule has 0 unspecified atom stereocenters. The number of hydrogen-bond acceptors (Lipinski definition) is 5. The predicted molar refractivity (Wildman–Crippen MR) is 69.5 cm³/mol. The van der Waals surface area contributed by atoms with E-state index >= 15 is 0 Å². The minimum atomic E-state index is -0.266. The van der Waals surface area contributed by atoms with Crippen LogP contribution in [0.5, 0.6) is 0 Å². The molecule has 5 nitrogen and oxygen atoms in total. The molecule has 0 aromatic heterocycles. The highest BCUT2D eigenvalue weighted by Gasteiger charge is 2.26. The smallest absolute Gasteiger partial charge is 0.356 e. The molecule has 0 radical (unpaired) electrons. The summed E-state index contributed by atoms with van der Waals surface area (Å²) in [6.07, 6.45) is 0. The molecule has 1 aliphatic rings. The summed E-state index contributed by atoms with van der Waals surface area (Å²) in [5.41, 5.74) is 0. The van der Waals surface area contributed by atoms with E-state index in [-0.39, 0.29) is 42.0 Å². The SMILES string of the molecule is CC(C)C(=O)OCCOC(=O)C[S+]1CCOCC1. The minimum Gasteiger partial charge on any atom is -0.462 e. The number of hydrogen-bond donors (Lipinski definition) is 0. The Bertz CT molecular complexity index is 274. The van der Waals surface area contributed by atoms with Crippen molar-refractivity contribution in [2.45, 2.75) is 13.8 Å². The summed E-state index contributed by atoms with van der Waals surface area (Å²) in [4.78, 5) is 22.6. The van der Waals surface area contributed by atoms with E-state index in [2.05, 4.69) is 0 Å². The van der Waals surface area contributed by atoms with Crippen molar-refractivity contribution in [3.8, 4) is 0 Å². The summed E-state index contributed by atoms with van der Waals surface area (Å²) in [5.74, 6) is 1.72. The van der Waals surface area contributed by atoms with Gasteiger partial charge in [0.2, 0.25) is 5.75 Å². The third-order valence-electron chi connectivity index (χ3n) is 2.42. The lowest BCUT2D eigenvalue weighted by molar-refractivity contribution is -0.153. The van der Waals surface area contributed by atoms with Gasteiger partial charge in [-0.1, -0.05) is 13.8 Å². The molecule has 1 heterocycles. The van der Waals surface area contributed by atoms with Gasteiger partial charge in [-0.25, -0.2) is 4.79 Å². The zero-order valence-corrected chi connectivity index (χ0v) is 11.8. The van der Waals surface area contributed by atoms with Gasteiger partial charge in [0, 0.05) is 10.9 Å². The van der Waals surface area contributed by atoms with E-state index in [0.717, 1.165) is 24.7 Å². The zero-order valence-electron chi connectivity index (χ0n) is 11.0. The first kappa shape index (κ1) is 15.3. The zero-order chi connectivity index (χ0) is 13.4. The highest BCUT2D eigenvalue weighted by atomic mass is 32.2. The molecule has 6 heteroatoms. The third kappa shape index (κ3) is 6.26. The summed E-state index contributed by atoms with van der Waals surface area (Å²) in [6, 6.07) is 0. The van der Waals surface area contributed by atoms with Crippen LogP contribution in [0, 0.1) is 5.92 Å². The average Bonchev–Trinajstić information content (AvgIpc) is 2.35. The molecular formula is C12H21O5S+. The summed E-state index contributed by atoms with van der Waals surface area (Å²) < 4.78 is 15.2. The van der Waals surface area contributed by atoms with Crippen molar-refractivity contribution < 1.29 is 23.8 Å². The number of rotatable bonds is 6. The van der Waals surface area contributed by atoms with Gasteiger partial charge in [0.15, 0.2) is 0 Å². The van der Waals surface area contributed by atoms with Crippen LogP contribution in [0.1, 0.15) is 13.8 Å². The molecule has 1 rings (SSSR count). The first-order chi connectivity index (χ1) is 8.59. The number of esters is 2. The Morgan fingerprint density at radius 1 is 1.17 bits per heavy atom. The quantitative estimate of drug-likeness (QED) is 0.399. The Labute approximate surface area is 111 Å². The van der Waals surface area contributed by atoms with Crippen LogP contribution in [0.4, 0.5) is 0 Å². The van der Waals surface area contributed by atoms with Gasteiger partial charge >= 0.3 is 11.9 Å². The van der Waals surface area contributed by atoms with Crippen molar-refractivity contribution in [1.29, 1.82) is 0 Å². The average molecular weight is 277 g/mol. The Morgan fingerprint density at radius 3 is 2.39 bits per heavy atom. The van der Waals surface area contributed by atoms with Gasteiger partial charge in [0.25, 0.3) is 0 Å². The largest absolute Gasteiger partial charge is 0.462 e. The van der Waals surface area contributed by atoms with E-state index in [1.165, 1.54) is 0 Å². The van der Waals surface area contributed by atoms with Crippen molar-refractivity contribution in [1.82, 2.24) is 0 Å². The second kappa shape index (κ2) is 8.37. The van der Waals surface area contributed by atoms with Gasteiger partial charge in [-0.3, -0.25) is 4.79 Å². The van der Waals surface area contributed by atoms with E-state index in [0.29, 0.717) is 5.75 Å². The van der Waals surface area contributed by atoms with Gasteiger partial charge in [-0.05, 0) is 0 Å². The molecule has 0 N–H and O–H groups in total. The monoisotopic (exact) mass is 277 g/mol.